The molecule has 1 rings (SSSR count). The number of ether oxygens (including phenoxy) is 1. The van der Waals surface area contributed by atoms with E-state index in [-0.39, 0.29) is 5.56 Å². The Morgan fingerprint density at radius 3 is 2.29 bits per heavy atom. The molecule has 0 saturated heterocycles. The van der Waals surface area contributed by atoms with Crippen LogP contribution in [0, 0.1) is 5.82 Å². The molecule has 0 bridgehead atoms. The number of rotatable bonds is 2. The first kappa shape index (κ1) is 13.5. The highest BCUT2D eigenvalue weighted by Crippen LogP contribution is 2.31. The van der Waals surface area contributed by atoms with Gasteiger partial charge in [-0.05, 0) is 32.0 Å². The molecular weight excluding hydrogens is 240 g/mol. The molecular formula is C11H10F4O2. The molecule has 0 aliphatic heterocycles. The van der Waals surface area contributed by atoms with Gasteiger partial charge in [0.25, 0.3) is 0 Å². The van der Waals surface area contributed by atoms with Crippen LogP contribution in [0.5, 0.6) is 0 Å². The molecule has 0 aromatic heterocycles. The molecule has 0 N–H and O–H groups in total. The maximum atomic E-state index is 13.1. The lowest BCUT2D eigenvalue weighted by molar-refractivity contribution is -0.140. The summed E-state index contributed by atoms with van der Waals surface area (Å²) >= 11 is 0. The molecule has 17 heavy (non-hydrogen) atoms. The van der Waals surface area contributed by atoms with Crippen LogP contribution in [0.2, 0.25) is 0 Å². The van der Waals surface area contributed by atoms with E-state index in [0.29, 0.717) is 12.1 Å². The van der Waals surface area contributed by atoms with Gasteiger partial charge in [-0.1, -0.05) is 0 Å². The van der Waals surface area contributed by atoms with E-state index in [9.17, 15) is 22.4 Å². The smallest absolute Gasteiger partial charge is 0.419 e. The van der Waals surface area contributed by atoms with Gasteiger partial charge in [0.2, 0.25) is 0 Å². The van der Waals surface area contributed by atoms with Crippen LogP contribution in [-0.4, -0.2) is 12.1 Å². The molecule has 0 fully saturated rings. The number of hydrogen-bond acceptors (Lipinski definition) is 2. The first-order valence-corrected chi connectivity index (χ1v) is 4.79. The van der Waals surface area contributed by atoms with Crippen LogP contribution in [0.15, 0.2) is 18.2 Å². The Morgan fingerprint density at radius 1 is 1.29 bits per heavy atom. The van der Waals surface area contributed by atoms with Crippen LogP contribution in [0.25, 0.3) is 0 Å². The standard InChI is InChI=1S/C11H10F4O2/c1-6(2)17-10(16)7-3-4-8(9(12)5-7)11(13,14)15/h3-6H,1-2H3. The highest BCUT2D eigenvalue weighted by molar-refractivity contribution is 5.89. The van der Waals surface area contributed by atoms with Gasteiger partial charge in [0.05, 0.1) is 17.2 Å². The number of esters is 1. The lowest BCUT2D eigenvalue weighted by Gasteiger charge is -2.10. The Labute approximate surface area is 95.2 Å². The molecule has 2 nitrogen and oxygen atoms in total. The summed E-state index contributed by atoms with van der Waals surface area (Å²) in [5.74, 6) is -2.34. The highest BCUT2D eigenvalue weighted by atomic mass is 19.4. The van der Waals surface area contributed by atoms with Crippen LogP contribution in [0.1, 0.15) is 29.8 Å². The molecule has 0 radical (unpaired) electrons. The molecule has 1 aromatic rings. The summed E-state index contributed by atoms with van der Waals surface area (Å²) in [6.45, 7) is 3.16. The summed E-state index contributed by atoms with van der Waals surface area (Å²) in [5, 5.41) is 0. The predicted molar refractivity (Wildman–Crippen MR) is 52.0 cm³/mol. The van der Waals surface area contributed by atoms with E-state index >= 15 is 0 Å². The van der Waals surface area contributed by atoms with Crippen LogP contribution < -0.4 is 0 Å². The maximum absolute atomic E-state index is 13.1. The van der Waals surface area contributed by atoms with E-state index in [1.54, 1.807) is 13.8 Å². The molecule has 0 amide bonds. The van der Waals surface area contributed by atoms with Crippen LogP contribution >= 0.6 is 0 Å². The molecule has 1 aromatic carbocycles. The summed E-state index contributed by atoms with van der Waals surface area (Å²) in [6, 6.07) is 1.93. The molecule has 94 valence electrons. The summed E-state index contributed by atoms with van der Waals surface area (Å²) in [7, 11) is 0. The molecule has 0 atom stereocenters. The van der Waals surface area contributed by atoms with Crippen molar-refractivity contribution >= 4 is 5.97 Å². The lowest BCUT2D eigenvalue weighted by atomic mass is 10.1. The van der Waals surface area contributed by atoms with Crippen LogP contribution in [0.3, 0.4) is 0 Å². The number of alkyl halides is 3. The van der Waals surface area contributed by atoms with Crippen molar-refractivity contribution in [2.75, 3.05) is 0 Å². The maximum Gasteiger partial charge on any atom is 0.419 e. The van der Waals surface area contributed by atoms with Crippen molar-refractivity contribution in [2.45, 2.75) is 26.1 Å². The van der Waals surface area contributed by atoms with Gasteiger partial charge in [-0.15, -0.1) is 0 Å². The second kappa shape index (κ2) is 4.73. The van der Waals surface area contributed by atoms with Crippen molar-refractivity contribution < 1.29 is 27.1 Å². The van der Waals surface area contributed by atoms with E-state index in [1.165, 1.54) is 0 Å². The third-order valence-electron chi connectivity index (χ3n) is 1.85. The van der Waals surface area contributed by atoms with E-state index in [1.807, 2.05) is 0 Å². The number of carbonyl (C=O) groups excluding carboxylic acids is 1. The first-order chi connectivity index (χ1) is 7.71. The summed E-state index contributed by atoms with van der Waals surface area (Å²) in [5.41, 5.74) is -1.65. The molecule has 0 aliphatic rings. The number of hydrogen-bond donors (Lipinski definition) is 0. The van der Waals surface area contributed by atoms with Gasteiger partial charge in [0.1, 0.15) is 5.82 Å². The normalized spacial score (nSPS) is 11.7. The van der Waals surface area contributed by atoms with Gasteiger partial charge in [0.15, 0.2) is 0 Å². The van der Waals surface area contributed by atoms with Gasteiger partial charge in [-0.2, -0.15) is 13.2 Å². The average Bonchev–Trinajstić information content (AvgIpc) is 2.14. The second-order valence-corrected chi connectivity index (χ2v) is 3.65. The zero-order valence-corrected chi connectivity index (χ0v) is 9.14. The monoisotopic (exact) mass is 250 g/mol. The zero-order valence-electron chi connectivity index (χ0n) is 9.14. The van der Waals surface area contributed by atoms with Crippen molar-refractivity contribution in [2.24, 2.45) is 0 Å². The summed E-state index contributed by atoms with van der Waals surface area (Å²) in [6.07, 6.45) is -5.20. The van der Waals surface area contributed by atoms with Crippen LogP contribution in [-0.2, 0) is 10.9 Å². The highest BCUT2D eigenvalue weighted by Gasteiger charge is 2.34. The molecule has 6 heteroatoms. The fourth-order valence-electron chi connectivity index (χ4n) is 1.15. The fraction of sp³-hybridized carbons (Fsp3) is 0.364. The van der Waals surface area contributed by atoms with E-state index < -0.39 is 29.6 Å². The number of halogens is 4. The summed E-state index contributed by atoms with van der Waals surface area (Å²) in [4.78, 5) is 11.3. The van der Waals surface area contributed by atoms with Gasteiger partial charge < -0.3 is 4.74 Å². The van der Waals surface area contributed by atoms with E-state index in [2.05, 4.69) is 0 Å². The van der Waals surface area contributed by atoms with Crippen molar-refractivity contribution in [1.82, 2.24) is 0 Å². The Hall–Kier alpha value is -1.59. The Balaban J connectivity index is 3.01. The predicted octanol–water partition coefficient (Wildman–Crippen LogP) is 3.41. The van der Waals surface area contributed by atoms with Gasteiger partial charge in [-0.25, -0.2) is 9.18 Å². The third kappa shape index (κ3) is 3.44. The number of carbonyl (C=O) groups is 1. The second-order valence-electron chi connectivity index (χ2n) is 3.65. The topological polar surface area (TPSA) is 26.3 Å². The number of benzene rings is 1. The van der Waals surface area contributed by atoms with Gasteiger partial charge in [-0.3, -0.25) is 0 Å². The zero-order chi connectivity index (χ0) is 13.2. The van der Waals surface area contributed by atoms with E-state index in [4.69, 9.17) is 4.74 Å². The minimum Gasteiger partial charge on any atom is -0.459 e. The van der Waals surface area contributed by atoms with E-state index in [0.717, 1.165) is 6.07 Å². The Kier molecular flexibility index (Phi) is 3.75. The molecule has 0 saturated carbocycles. The minimum absolute atomic E-state index is 0.246. The van der Waals surface area contributed by atoms with Gasteiger partial charge in [0, 0.05) is 0 Å². The van der Waals surface area contributed by atoms with Crippen LogP contribution in [0.4, 0.5) is 17.6 Å². The van der Waals surface area contributed by atoms with Crippen molar-refractivity contribution in [3.05, 3.63) is 35.1 Å². The van der Waals surface area contributed by atoms with Crippen molar-refractivity contribution in [1.29, 1.82) is 0 Å². The largest absolute Gasteiger partial charge is 0.459 e. The fourth-order valence-corrected chi connectivity index (χ4v) is 1.15. The first-order valence-electron chi connectivity index (χ1n) is 4.79. The Bertz CT molecular complexity index is 424. The lowest BCUT2D eigenvalue weighted by Crippen LogP contribution is -2.13. The Morgan fingerprint density at radius 2 is 1.88 bits per heavy atom. The molecule has 0 unspecified atom stereocenters. The average molecular weight is 250 g/mol. The third-order valence-corrected chi connectivity index (χ3v) is 1.85. The van der Waals surface area contributed by atoms with Crippen molar-refractivity contribution in [3.63, 3.8) is 0 Å². The van der Waals surface area contributed by atoms with Crippen molar-refractivity contribution in [3.8, 4) is 0 Å². The quantitative estimate of drug-likeness (QED) is 0.594. The molecule has 0 heterocycles. The SMILES string of the molecule is CC(C)OC(=O)c1ccc(C(F)(F)F)c(F)c1. The minimum atomic E-state index is -4.77. The molecule has 0 spiro atoms. The summed E-state index contributed by atoms with van der Waals surface area (Å²) < 4.78 is 54.6. The molecule has 0 aliphatic carbocycles. The van der Waals surface area contributed by atoms with Gasteiger partial charge >= 0.3 is 12.1 Å².